The Morgan fingerprint density at radius 1 is 1.07 bits per heavy atom. The predicted octanol–water partition coefficient (Wildman–Crippen LogP) is 3.09. The maximum Gasteiger partial charge on any atom is 0.337 e. The van der Waals surface area contributed by atoms with E-state index in [-0.39, 0.29) is 11.6 Å². The van der Waals surface area contributed by atoms with Gasteiger partial charge >= 0.3 is 12.0 Å². The van der Waals surface area contributed by atoms with Crippen LogP contribution in [0.1, 0.15) is 28.7 Å². The number of nitrogens with zero attached hydrogens (tertiary/aromatic N) is 5. The van der Waals surface area contributed by atoms with Gasteiger partial charge in [0.25, 0.3) is 0 Å². The largest absolute Gasteiger partial charge is 0.478 e. The van der Waals surface area contributed by atoms with Gasteiger partial charge in [-0.05, 0) is 17.7 Å². The van der Waals surface area contributed by atoms with Gasteiger partial charge in [-0.1, -0.05) is 43.3 Å². The van der Waals surface area contributed by atoms with Gasteiger partial charge in [0.05, 0.1) is 18.2 Å². The van der Waals surface area contributed by atoms with Crippen molar-refractivity contribution in [3.8, 4) is 12.0 Å². The Morgan fingerprint density at radius 2 is 1.87 bits per heavy atom. The molecule has 0 aliphatic rings. The molecular formula is C21H20N6O3. The molecule has 0 aliphatic heterocycles. The minimum atomic E-state index is -1.07. The molecule has 0 bridgehead atoms. The quantitative estimate of drug-likeness (QED) is 0.483. The molecule has 2 aromatic carbocycles. The molecule has 2 aromatic heterocycles. The maximum atomic E-state index is 11.6. The first kappa shape index (κ1) is 19.3. The van der Waals surface area contributed by atoms with Crippen molar-refractivity contribution >= 4 is 23.0 Å². The highest BCUT2D eigenvalue weighted by atomic mass is 16.5. The van der Waals surface area contributed by atoms with Crippen LogP contribution in [0.3, 0.4) is 0 Å². The van der Waals surface area contributed by atoms with Crippen LogP contribution >= 0.6 is 0 Å². The van der Waals surface area contributed by atoms with Crippen LogP contribution in [0.2, 0.25) is 0 Å². The van der Waals surface area contributed by atoms with Crippen LogP contribution in [0.25, 0.3) is 17.0 Å². The fourth-order valence-corrected chi connectivity index (χ4v) is 3.10. The lowest BCUT2D eigenvalue weighted by atomic mass is 10.2. The second-order valence-corrected chi connectivity index (χ2v) is 6.48. The summed E-state index contributed by atoms with van der Waals surface area (Å²) in [6.07, 6.45) is 0.602. The number of carboxylic acids is 1. The molecule has 0 atom stereocenters. The average Bonchev–Trinajstić information content (AvgIpc) is 3.16. The number of nitrogens with one attached hydrogen (secondary N) is 1. The zero-order valence-corrected chi connectivity index (χ0v) is 16.5. The van der Waals surface area contributed by atoms with Gasteiger partial charge < -0.3 is 15.2 Å². The first-order valence-corrected chi connectivity index (χ1v) is 9.42. The number of para-hydroxylation sites is 1. The van der Waals surface area contributed by atoms with E-state index in [1.165, 1.54) is 13.2 Å². The summed E-state index contributed by atoms with van der Waals surface area (Å²) in [5.41, 5.74) is 2.01. The minimum Gasteiger partial charge on any atom is -0.478 e. The Morgan fingerprint density at radius 3 is 2.57 bits per heavy atom. The van der Waals surface area contributed by atoms with Crippen molar-refractivity contribution in [3.63, 3.8) is 0 Å². The zero-order chi connectivity index (χ0) is 21.1. The molecule has 2 N–H and O–H groups in total. The number of rotatable bonds is 7. The van der Waals surface area contributed by atoms with Crippen LogP contribution in [-0.2, 0) is 13.0 Å². The second-order valence-electron chi connectivity index (χ2n) is 6.48. The van der Waals surface area contributed by atoms with Gasteiger partial charge in [-0.2, -0.15) is 19.9 Å². The average molecular weight is 404 g/mol. The van der Waals surface area contributed by atoms with Crippen molar-refractivity contribution in [3.05, 3.63) is 65.5 Å². The van der Waals surface area contributed by atoms with E-state index in [2.05, 4.69) is 25.3 Å². The smallest absolute Gasteiger partial charge is 0.337 e. The van der Waals surface area contributed by atoms with Crippen LogP contribution in [0.15, 0.2) is 48.5 Å². The molecule has 0 spiro atoms. The van der Waals surface area contributed by atoms with Gasteiger partial charge in [0.15, 0.2) is 0 Å². The highest BCUT2D eigenvalue weighted by Gasteiger charge is 2.21. The number of imidazole rings is 1. The number of benzene rings is 2. The second kappa shape index (κ2) is 8.16. The maximum absolute atomic E-state index is 11.6. The van der Waals surface area contributed by atoms with E-state index in [0.29, 0.717) is 41.7 Å². The molecule has 0 amide bonds. The summed E-state index contributed by atoms with van der Waals surface area (Å²) in [6.45, 7) is 2.50. The number of hydrogen-bond acceptors (Lipinski definition) is 7. The fraction of sp³-hybridized carbons (Fsp3) is 0.190. The predicted molar refractivity (Wildman–Crippen MR) is 111 cm³/mol. The third-order valence-corrected chi connectivity index (χ3v) is 4.55. The molecular weight excluding hydrogens is 384 g/mol. The Kier molecular flexibility index (Phi) is 5.25. The van der Waals surface area contributed by atoms with Gasteiger partial charge in [0.1, 0.15) is 11.3 Å². The molecule has 0 fully saturated rings. The summed E-state index contributed by atoms with van der Waals surface area (Å²) < 4.78 is 6.99. The summed E-state index contributed by atoms with van der Waals surface area (Å²) in [4.78, 5) is 29.4. The highest BCUT2D eigenvalue weighted by molar-refractivity contribution is 6.01. The van der Waals surface area contributed by atoms with E-state index in [1.54, 1.807) is 16.7 Å². The first-order chi connectivity index (χ1) is 14.6. The molecule has 152 valence electrons. The first-order valence-electron chi connectivity index (χ1n) is 9.42. The SMILES string of the molecule is CCc1nc(NCc2ccccc2)nc(-n2c(OC)nc3c(C(=O)O)cccc32)n1. The Hall–Kier alpha value is -4.01. The minimum absolute atomic E-state index is 0.0803. The number of carbonyl (C=O) groups is 1. The van der Waals surface area contributed by atoms with Crippen LogP contribution < -0.4 is 10.1 Å². The van der Waals surface area contributed by atoms with E-state index in [4.69, 9.17) is 4.74 Å². The van der Waals surface area contributed by atoms with Crippen LogP contribution in [0.4, 0.5) is 5.95 Å². The Balaban J connectivity index is 1.81. The van der Waals surface area contributed by atoms with E-state index >= 15 is 0 Å². The molecule has 9 nitrogen and oxygen atoms in total. The molecule has 9 heteroatoms. The highest BCUT2D eigenvalue weighted by Crippen LogP contribution is 2.27. The topological polar surface area (TPSA) is 115 Å². The number of fused-ring (bicyclic) bond motifs is 1. The summed E-state index contributed by atoms with van der Waals surface area (Å²) in [5, 5.41) is 12.7. The molecule has 0 radical (unpaired) electrons. The summed E-state index contributed by atoms with van der Waals surface area (Å²) in [6, 6.07) is 15.0. The molecule has 0 unspecified atom stereocenters. The third-order valence-electron chi connectivity index (χ3n) is 4.55. The third kappa shape index (κ3) is 3.64. The standard InChI is InChI=1S/C21H20N6O3/c1-3-16-23-19(22-12-13-8-5-4-6-9-13)26-20(24-16)27-15-11-7-10-14(18(28)29)17(15)25-21(27)30-2/h4-11H,3,12H2,1-2H3,(H,28,29)(H,22,23,24,26). The number of aromatic carboxylic acids is 1. The van der Waals surface area contributed by atoms with Crippen molar-refractivity contribution in [2.75, 3.05) is 12.4 Å². The van der Waals surface area contributed by atoms with Gasteiger partial charge in [-0.3, -0.25) is 0 Å². The summed E-state index contributed by atoms with van der Waals surface area (Å²) in [7, 11) is 1.47. The zero-order valence-electron chi connectivity index (χ0n) is 16.5. The Labute approximate surface area is 172 Å². The molecule has 4 rings (SSSR count). The van der Waals surface area contributed by atoms with Crippen molar-refractivity contribution in [2.45, 2.75) is 19.9 Å². The van der Waals surface area contributed by atoms with Crippen molar-refractivity contribution in [1.82, 2.24) is 24.5 Å². The normalized spacial score (nSPS) is 10.9. The van der Waals surface area contributed by atoms with Gasteiger partial charge in [-0.15, -0.1) is 0 Å². The van der Waals surface area contributed by atoms with E-state index < -0.39 is 5.97 Å². The lowest BCUT2D eigenvalue weighted by molar-refractivity contribution is 0.0699. The van der Waals surface area contributed by atoms with E-state index in [0.717, 1.165) is 5.56 Å². The molecule has 2 heterocycles. The number of aryl methyl sites for hydroxylation is 1. The summed E-state index contributed by atoms with van der Waals surface area (Å²) in [5.74, 6) is 0.246. The molecule has 30 heavy (non-hydrogen) atoms. The van der Waals surface area contributed by atoms with Gasteiger partial charge in [0, 0.05) is 13.0 Å². The molecule has 0 aliphatic carbocycles. The number of ether oxygens (including phenoxy) is 1. The lowest BCUT2D eigenvalue weighted by Gasteiger charge is -2.11. The number of carboxylic acid groups (broad SMARTS) is 1. The van der Waals surface area contributed by atoms with E-state index in [1.807, 2.05) is 37.3 Å². The van der Waals surface area contributed by atoms with E-state index in [9.17, 15) is 9.90 Å². The van der Waals surface area contributed by atoms with Gasteiger partial charge in [-0.25, -0.2) is 9.36 Å². The number of methoxy groups -OCH3 is 1. The Bertz CT molecular complexity index is 1210. The van der Waals surface area contributed by atoms with Crippen LogP contribution in [0.5, 0.6) is 6.01 Å². The number of hydrogen-bond donors (Lipinski definition) is 2. The van der Waals surface area contributed by atoms with Crippen LogP contribution in [0, 0.1) is 0 Å². The van der Waals surface area contributed by atoms with Crippen molar-refractivity contribution in [1.29, 1.82) is 0 Å². The number of anilines is 1. The van der Waals surface area contributed by atoms with Crippen molar-refractivity contribution < 1.29 is 14.6 Å². The fourth-order valence-electron chi connectivity index (χ4n) is 3.10. The summed E-state index contributed by atoms with van der Waals surface area (Å²) >= 11 is 0. The van der Waals surface area contributed by atoms with Crippen molar-refractivity contribution in [2.24, 2.45) is 0 Å². The number of aromatic nitrogens is 5. The molecule has 0 saturated carbocycles. The lowest BCUT2D eigenvalue weighted by Crippen LogP contribution is -2.12. The molecule has 0 saturated heterocycles. The molecule has 4 aromatic rings. The van der Waals surface area contributed by atoms with Crippen LogP contribution in [-0.4, -0.2) is 42.7 Å². The monoisotopic (exact) mass is 404 g/mol. The van der Waals surface area contributed by atoms with Gasteiger partial charge in [0.2, 0.25) is 11.9 Å².